The molecule has 830 valence electrons. The molecule has 0 aliphatic carbocycles. The van der Waals surface area contributed by atoms with E-state index < -0.39 is 332 Å². The number of hydrogen-bond donors (Lipinski definition) is 26. The van der Waals surface area contributed by atoms with Gasteiger partial charge in [0, 0.05) is 58.8 Å². The molecule has 46 heteroatoms. The molecule has 0 spiro atoms. The highest BCUT2D eigenvalue weighted by molar-refractivity contribution is 5.79. The smallest absolute Gasteiger partial charge is 0.364 e. The number of amides is 4. The summed E-state index contributed by atoms with van der Waals surface area (Å²) < 4.78 is 72.1. The highest BCUT2D eigenvalue weighted by atomic mass is 16.8. The van der Waals surface area contributed by atoms with Gasteiger partial charge in [-0.2, -0.15) is 0 Å². The summed E-state index contributed by atoms with van der Waals surface area (Å²) in [6.07, 6.45) is -24.5. The summed E-state index contributed by atoms with van der Waals surface area (Å²) in [6, 6.07) is -7.29. The number of ketones is 1. The second-order valence-electron chi connectivity index (χ2n) is 39.2. The Labute approximate surface area is 835 Å². The fraction of sp³-hybridized carbons (Fsp3) is 0.897. The molecule has 4 amide bonds. The number of carboxylic acid groups (broad SMARTS) is 3. The molecule has 0 saturated carbocycles. The maximum atomic E-state index is 14.5. The van der Waals surface area contributed by atoms with Gasteiger partial charge in [-0.3, -0.25) is 19.2 Å². The Bertz CT molecular complexity index is 3700. The molecule has 0 aromatic carbocycles. The average Bonchev–Trinajstić information content (AvgIpc) is 0.745. The van der Waals surface area contributed by atoms with E-state index >= 15 is 0 Å². The largest absolute Gasteiger partial charge is 0.477 e. The highest BCUT2D eigenvalue weighted by Crippen LogP contribution is 2.45. The third-order valence-corrected chi connectivity index (χ3v) is 27.5. The number of carboxylic acids is 3. The van der Waals surface area contributed by atoms with Crippen LogP contribution in [0.4, 0.5) is 0 Å². The first-order valence-corrected chi connectivity index (χ1v) is 51.6. The normalized spacial score (nSPS) is 32.9. The van der Waals surface area contributed by atoms with Crippen LogP contribution < -0.4 is 21.3 Å². The molecule has 26 N–H and O–H groups in total. The lowest BCUT2D eigenvalue weighted by atomic mass is 9.86. The minimum Gasteiger partial charge on any atom is -0.477 e. The molecule has 6 heterocycles. The van der Waals surface area contributed by atoms with Crippen molar-refractivity contribution in [3.05, 3.63) is 12.2 Å². The van der Waals surface area contributed by atoms with E-state index in [-0.39, 0.29) is 6.42 Å². The Hall–Kier alpha value is -5.54. The summed E-state index contributed by atoms with van der Waals surface area (Å²) in [5.74, 6) is -23.6. The SMILES string of the molecule is CCCCCCCCCCCCCC=CC(O)C(COC1OC(CO)C(OC2OC(CO)C(OC3OC(CO)C(O)C(O)C3CC(C)=O)C(OC3(C(=O)O)CC(O)C(NC(C)=O)C(C(O)C(CO)OC4(C(=O)O)CC(O)C(NC(C)=O)C(C(O)C(CO)OC5(C(=O)O)CC(O)C(NC(C)=O)C(C(O)C(O)CO)O5)O4)O3)C2O)C(O)C1O)NC(=O)CCCCCCCCCCCCCCCCCCCCCCCC. The molecule has 0 aromatic rings. The first-order valence-electron chi connectivity index (χ1n) is 51.6. The van der Waals surface area contributed by atoms with Gasteiger partial charge in [0.05, 0.1) is 101 Å². The van der Waals surface area contributed by atoms with Crippen LogP contribution in [0.15, 0.2) is 12.2 Å². The number of ether oxygens (including phenoxy) is 12. The lowest BCUT2D eigenvalue weighted by molar-refractivity contribution is -0.404. The molecule has 0 aromatic heterocycles. The van der Waals surface area contributed by atoms with Gasteiger partial charge in [0.15, 0.2) is 18.9 Å². The van der Waals surface area contributed by atoms with Gasteiger partial charge >= 0.3 is 17.9 Å². The lowest BCUT2D eigenvalue weighted by Crippen LogP contribution is -2.72. The number of allylic oxidation sites excluding steroid dienone is 1. The van der Waals surface area contributed by atoms with Gasteiger partial charge in [0.25, 0.3) is 17.4 Å². The standard InChI is InChI=1S/C97H170N4O42/c1-7-9-11-13-15-17-19-21-22-23-24-25-26-27-28-29-31-33-35-37-39-41-43-71(117)101-60(61(112)42-40-38-36-34-32-30-20-18-16-14-12-10-8-2)54-132-90-81(124)80(123)83(69(52-106)134-90)136-91-82(125)88(84(70(53-107)135-91)137-89-59(44-55(3)108)75(118)77(120)66(49-103)133-89)143-97(94(130)131)47-64(115)74(100-58(6)111)87(142-97)79(122)68(51-105)139-96(93(128)129)46-63(114)73(99-57(5)110)86(141-96)78(121)67(50-104)138-95(92(126)127)45-62(113)72(98-56(4)109)85(140-95)76(119)65(116)48-102/h40,42,59-70,72-91,102-107,112-116,118-125H,7-39,41,43-54H2,1-6H3,(H,98,109)(H,99,110)(H,100,111)(H,101,117)(H,126,127)(H,128,129)(H,130,131). The summed E-state index contributed by atoms with van der Waals surface area (Å²) in [5.41, 5.74) is 0. The number of aliphatic carboxylic acids is 3. The van der Waals surface area contributed by atoms with Crippen LogP contribution in [0.1, 0.15) is 292 Å². The number of hydrogen-bond acceptors (Lipinski definition) is 39. The van der Waals surface area contributed by atoms with E-state index in [1.807, 2.05) is 0 Å². The van der Waals surface area contributed by atoms with Crippen molar-refractivity contribution in [3.8, 4) is 0 Å². The zero-order valence-electron chi connectivity index (χ0n) is 83.7. The molecule has 143 heavy (non-hydrogen) atoms. The molecule has 35 unspecified atom stereocenters. The van der Waals surface area contributed by atoms with E-state index in [9.17, 15) is 151 Å². The van der Waals surface area contributed by atoms with Crippen LogP contribution >= 0.6 is 0 Å². The van der Waals surface area contributed by atoms with E-state index in [0.29, 0.717) is 12.8 Å². The number of carbonyl (C=O) groups excluding carboxylic acids is 5. The Morgan fingerprint density at radius 3 is 1.15 bits per heavy atom. The van der Waals surface area contributed by atoms with E-state index in [1.165, 1.54) is 147 Å². The average molecular weight is 2060 g/mol. The van der Waals surface area contributed by atoms with Crippen molar-refractivity contribution in [2.45, 2.75) is 499 Å². The molecule has 6 fully saturated rings. The predicted molar refractivity (Wildman–Crippen MR) is 502 cm³/mol. The third kappa shape index (κ3) is 38.4. The quantitative estimate of drug-likeness (QED) is 0.0264. The number of nitrogens with one attached hydrogen (secondary N) is 4. The number of aliphatic hydroxyl groups is 19. The predicted octanol–water partition coefficient (Wildman–Crippen LogP) is -0.698. The van der Waals surface area contributed by atoms with Gasteiger partial charge in [0.1, 0.15) is 122 Å². The number of carbonyl (C=O) groups is 8. The Balaban J connectivity index is 1.27. The zero-order chi connectivity index (χ0) is 106. The third-order valence-electron chi connectivity index (χ3n) is 27.5. The summed E-state index contributed by atoms with van der Waals surface area (Å²) in [4.78, 5) is 107. The number of Topliss-reactive ketones (excluding diaryl/α,β-unsaturated/α-hetero) is 1. The first-order chi connectivity index (χ1) is 68.1. The van der Waals surface area contributed by atoms with Gasteiger partial charge in [-0.05, 0) is 26.2 Å². The van der Waals surface area contributed by atoms with Crippen molar-refractivity contribution in [1.82, 2.24) is 21.3 Å². The van der Waals surface area contributed by atoms with E-state index in [0.717, 1.165) is 91.9 Å². The van der Waals surface area contributed by atoms with Crippen LogP contribution in [0.25, 0.3) is 0 Å². The molecule has 46 nitrogen and oxygen atoms in total. The van der Waals surface area contributed by atoms with Crippen LogP contribution in [0, 0.1) is 5.92 Å². The zero-order valence-corrected chi connectivity index (χ0v) is 83.7. The molecule has 6 saturated heterocycles. The van der Waals surface area contributed by atoms with Gasteiger partial charge in [-0.25, -0.2) is 14.4 Å². The molecule has 6 aliphatic heterocycles. The highest BCUT2D eigenvalue weighted by Gasteiger charge is 2.65. The summed E-state index contributed by atoms with van der Waals surface area (Å²) in [6.45, 7) is -0.552. The molecular weight excluding hydrogens is 1890 g/mol. The van der Waals surface area contributed by atoms with E-state index in [4.69, 9.17) is 56.8 Å². The van der Waals surface area contributed by atoms with Crippen LogP contribution in [0.5, 0.6) is 0 Å². The van der Waals surface area contributed by atoms with Crippen molar-refractivity contribution in [2.24, 2.45) is 5.92 Å². The van der Waals surface area contributed by atoms with Gasteiger partial charge in [-0.1, -0.05) is 225 Å². The van der Waals surface area contributed by atoms with Crippen molar-refractivity contribution in [1.29, 1.82) is 0 Å². The van der Waals surface area contributed by atoms with Gasteiger partial charge in [-0.15, -0.1) is 0 Å². The Morgan fingerprint density at radius 2 is 0.762 bits per heavy atom. The van der Waals surface area contributed by atoms with Crippen LogP contribution in [0.2, 0.25) is 0 Å². The molecule has 0 radical (unpaired) electrons. The maximum absolute atomic E-state index is 14.5. The molecule has 6 aliphatic rings. The minimum atomic E-state index is -3.71. The fourth-order valence-electron chi connectivity index (χ4n) is 19.5. The van der Waals surface area contributed by atoms with Crippen LogP contribution in [-0.4, -0.2) is 413 Å². The monoisotopic (exact) mass is 2060 g/mol. The second-order valence-corrected chi connectivity index (χ2v) is 39.2. The lowest BCUT2D eigenvalue weighted by Gasteiger charge is -2.53. The minimum absolute atomic E-state index is 0.0837. The summed E-state index contributed by atoms with van der Waals surface area (Å²) >= 11 is 0. The maximum Gasteiger partial charge on any atom is 0.364 e. The van der Waals surface area contributed by atoms with Crippen molar-refractivity contribution >= 4 is 47.3 Å². The molecule has 0 bridgehead atoms. The topological polar surface area (TPSA) is 741 Å². The van der Waals surface area contributed by atoms with E-state index in [2.05, 4.69) is 35.1 Å². The van der Waals surface area contributed by atoms with Gasteiger partial charge in [0.2, 0.25) is 23.6 Å². The number of unbranched alkanes of at least 4 members (excludes halogenated alkanes) is 32. The second kappa shape index (κ2) is 64.9. The van der Waals surface area contributed by atoms with Crippen molar-refractivity contribution < 1.29 is 208 Å². The summed E-state index contributed by atoms with van der Waals surface area (Å²) in [5, 5.41) is 262. The summed E-state index contributed by atoms with van der Waals surface area (Å²) in [7, 11) is 0. The molecular formula is C97H170N4O42. The van der Waals surface area contributed by atoms with E-state index in [1.54, 1.807) is 6.08 Å². The Kier molecular flexibility index (Phi) is 57.2. The Morgan fingerprint density at radius 1 is 0.399 bits per heavy atom. The first kappa shape index (κ1) is 126. The van der Waals surface area contributed by atoms with Crippen molar-refractivity contribution in [2.75, 3.05) is 46.2 Å². The van der Waals surface area contributed by atoms with Crippen LogP contribution in [-0.2, 0) is 95.2 Å². The number of rotatable bonds is 71. The molecule has 35 atom stereocenters. The molecule has 6 rings (SSSR count). The number of aliphatic hydroxyl groups excluding tert-OH is 19. The van der Waals surface area contributed by atoms with Gasteiger partial charge < -0.3 is 195 Å². The van der Waals surface area contributed by atoms with Crippen LogP contribution in [0.3, 0.4) is 0 Å². The fourth-order valence-corrected chi connectivity index (χ4v) is 19.5. The van der Waals surface area contributed by atoms with Crippen molar-refractivity contribution in [3.63, 3.8) is 0 Å².